The Kier molecular flexibility index (Phi) is 8.61. The number of aryl methyl sites for hydroxylation is 1. The van der Waals surface area contributed by atoms with Crippen LogP contribution in [0.3, 0.4) is 0 Å². The molecular formula is C28H32F2N6O4. The van der Waals surface area contributed by atoms with E-state index in [1.54, 1.807) is 12.4 Å². The molecule has 2 fully saturated rings. The number of rotatable bonds is 10. The molecule has 0 bridgehead atoms. The number of carbonyl (C=O) groups excluding carboxylic acids is 2. The molecule has 1 unspecified atom stereocenters. The fraction of sp³-hybridized carbons (Fsp3) is 0.500. The first-order chi connectivity index (χ1) is 19.4. The Hall–Kier alpha value is -3.96. The number of carbonyl (C=O) groups is 2. The van der Waals surface area contributed by atoms with Gasteiger partial charge in [-0.2, -0.15) is 4.98 Å². The summed E-state index contributed by atoms with van der Waals surface area (Å²) in [5.41, 5.74) is 0.0122. The third kappa shape index (κ3) is 6.43. The number of ether oxygens (including phenoxy) is 1. The van der Waals surface area contributed by atoms with Crippen molar-refractivity contribution in [2.45, 2.75) is 64.3 Å². The van der Waals surface area contributed by atoms with Crippen molar-refractivity contribution in [3.05, 3.63) is 47.6 Å². The van der Waals surface area contributed by atoms with Crippen molar-refractivity contribution in [3.8, 4) is 17.1 Å². The van der Waals surface area contributed by atoms with Crippen molar-refractivity contribution >= 4 is 17.6 Å². The van der Waals surface area contributed by atoms with Crippen LogP contribution in [-0.2, 0) is 11.2 Å². The highest BCUT2D eigenvalue weighted by atomic mass is 19.1. The summed E-state index contributed by atoms with van der Waals surface area (Å²) >= 11 is 0. The highest BCUT2D eigenvalue weighted by molar-refractivity contribution is 5.99. The van der Waals surface area contributed by atoms with Gasteiger partial charge in [-0.3, -0.25) is 9.59 Å². The molecule has 1 amide bonds. The fourth-order valence-electron chi connectivity index (χ4n) is 5.15. The number of benzene rings is 1. The van der Waals surface area contributed by atoms with E-state index < -0.39 is 29.1 Å². The highest BCUT2D eigenvalue weighted by Crippen LogP contribution is 2.26. The lowest BCUT2D eigenvalue weighted by Gasteiger charge is -2.32. The molecule has 0 spiro atoms. The molecule has 10 nitrogen and oxygen atoms in total. The molecule has 1 saturated carbocycles. The number of aromatic nitrogens is 4. The van der Waals surface area contributed by atoms with Gasteiger partial charge in [-0.15, -0.1) is 0 Å². The van der Waals surface area contributed by atoms with Gasteiger partial charge in [0.05, 0.1) is 18.2 Å². The molecule has 2 aliphatic rings. The van der Waals surface area contributed by atoms with Crippen LogP contribution in [0.25, 0.3) is 11.4 Å². The molecule has 12 heteroatoms. The average Bonchev–Trinajstić information content (AvgIpc) is 3.60. The summed E-state index contributed by atoms with van der Waals surface area (Å²) in [5, 5.41) is 6.38. The number of halogens is 2. The largest absolute Gasteiger partial charge is 0.493 e. The number of hydrogen-bond donors (Lipinski definition) is 1. The Balaban J connectivity index is 1.04. The summed E-state index contributed by atoms with van der Waals surface area (Å²) in [6.07, 6.45) is 9.20. The van der Waals surface area contributed by atoms with Crippen molar-refractivity contribution in [2.75, 3.05) is 24.6 Å². The summed E-state index contributed by atoms with van der Waals surface area (Å²) in [4.78, 5) is 39.5. The minimum absolute atomic E-state index is 0.0330. The van der Waals surface area contributed by atoms with E-state index >= 15 is 0 Å². The van der Waals surface area contributed by atoms with Gasteiger partial charge >= 0.3 is 0 Å². The second kappa shape index (κ2) is 12.5. The Morgan fingerprint density at radius 2 is 1.88 bits per heavy atom. The van der Waals surface area contributed by atoms with Crippen molar-refractivity contribution in [3.63, 3.8) is 0 Å². The van der Waals surface area contributed by atoms with E-state index in [0.29, 0.717) is 61.4 Å². The molecule has 0 radical (unpaired) electrons. The number of piperidine rings is 1. The van der Waals surface area contributed by atoms with E-state index in [0.717, 1.165) is 50.9 Å². The number of hydrogen-bond acceptors (Lipinski definition) is 9. The van der Waals surface area contributed by atoms with Gasteiger partial charge < -0.3 is 19.5 Å². The van der Waals surface area contributed by atoms with Gasteiger partial charge in [0, 0.05) is 50.5 Å². The molecule has 1 aliphatic heterocycles. The van der Waals surface area contributed by atoms with Crippen molar-refractivity contribution in [2.24, 2.45) is 5.92 Å². The molecule has 2 aromatic heterocycles. The molecule has 40 heavy (non-hydrogen) atoms. The second-order valence-corrected chi connectivity index (χ2v) is 10.2. The first-order valence-corrected chi connectivity index (χ1v) is 13.8. The van der Waals surface area contributed by atoms with Crippen molar-refractivity contribution in [1.29, 1.82) is 0 Å². The monoisotopic (exact) mass is 554 g/mol. The fourth-order valence-corrected chi connectivity index (χ4v) is 5.15. The summed E-state index contributed by atoms with van der Waals surface area (Å²) in [7, 11) is 0. The van der Waals surface area contributed by atoms with Gasteiger partial charge in [0.25, 0.3) is 5.91 Å². The maximum atomic E-state index is 14.5. The first-order valence-electron chi connectivity index (χ1n) is 13.8. The Bertz CT molecular complexity index is 1320. The van der Waals surface area contributed by atoms with Crippen LogP contribution < -0.4 is 15.0 Å². The molecule has 3 heterocycles. The van der Waals surface area contributed by atoms with Crippen LogP contribution in [0.15, 0.2) is 29.0 Å². The number of ketones is 1. The standard InChI is InChI=1S/C28H32F2N6O4/c1-2-24-34-26(35-40-24)18-15-31-28(32-16-18)36-10-8-17(9-11-36)5-4-12-39-19-13-20(29)25(21(30)14-19)27(38)33-22-6-3-7-23(22)37/h13-17,22H,2-12H2,1H3,(H,33,38). The van der Waals surface area contributed by atoms with Gasteiger partial charge in [-0.1, -0.05) is 12.1 Å². The van der Waals surface area contributed by atoms with Crippen molar-refractivity contribution < 1.29 is 27.6 Å². The third-order valence-corrected chi connectivity index (χ3v) is 7.44. The predicted molar refractivity (Wildman–Crippen MR) is 141 cm³/mol. The number of anilines is 1. The second-order valence-electron chi connectivity index (χ2n) is 10.2. The minimum atomic E-state index is -1.01. The highest BCUT2D eigenvalue weighted by Gasteiger charge is 2.29. The van der Waals surface area contributed by atoms with E-state index in [1.165, 1.54) is 0 Å². The summed E-state index contributed by atoms with van der Waals surface area (Å²) in [6, 6.07) is 1.35. The topological polar surface area (TPSA) is 123 Å². The maximum absolute atomic E-state index is 14.5. The summed E-state index contributed by atoms with van der Waals surface area (Å²) in [6.45, 7) is 3.92. The third-order valence-electron chi connectivity index (χ3n) is 7.44. The molecule has 1 aromatic carbocycles. The van der Waals surface area contributed by atoms with Crippen LogP contribution in [0.1, 0.15) is 68.1 Å². The molecule has 1 N–H and O–H groups in total. The van der Waals surface area contributed by atoms with Crippen LogP contribution in [0.5, 0.6) is 5.75 Å². The van der Waals surface area contributed by atoms with Gasteiger partial charge in [0.1, 0.15) is 22.9 Å². The zero-order valence-electron chi connectivity index (χ0n) is 22.4. The van der Waals surface area contributed by atoms with E-state index in [-0.39, 0.29) is 11.5 Å². The van der Waals surface area contributed by atoms with E-state index in [4.69, 9.17) is 9.26 Å². The molecule has 1 aliphatic carbocycles. The zero-order valence-corrected chi connectivity index (χ0v) is 22.4. The SMILES string of the molecule is CCc1nc(-c2cnc(N3CCC(CCCOc4cc(F)c(C(=O)NC5CCCC5=O)c(F)c4)CC3)nc2)no1. The smallest absolute Gasteiger partial charge is 0.257 e. The van der Waals surface area contributed by atoms with Crippen LogP contribution in [-0.4, -0.2) is 57.5 Å². The van der Waals surface area contributed by atoms with Crippen LogP contribution in [0.4, 0.5) is 14.7 Å². The quantitative estimate of drug-likeness (QED) is 0.366. The lowest BCUT2D eigenvalue weighted by molar-refractivity contribution is -0.118. The number of amides is 1. The molecule has 5 rings (SSSR count). The summed E-state index contributed by atoms with van der Waals surface area (Å²) in [5.74, 6) is -0.806. The molecular weight excluding hydrogens is 522 g/mol. The minimum Gasteiger partial charge on any atom is -0.493 e. The van der Waals surface area contributed by atoms with E-state index in [2.05, 4.69) is 30.3 Å². The van der Waals surface area contributed by atoms with E-state index in [9.17, 15) is 18.4 Å². The molecule has 212 valence electrons. The van der Waals surface area contributed by atoms with Crippen LogP contribution in [0, 0.1) is 17.6 Å². The Labute approximate surface area is 230 Å². The Morgan fingerprint density at radius 3 is 2.50 bits per heavy atom. The van der Waals surface area contributed by atoms with Gasteiger partial charge in [0.15, 0.2) is 5.78 Å². The molecule has 1 atom stereocenters. The number of nitrogens with one attached hydrogen (secondary N) is 1. The van der Waals surface area contributed by atoms with Crippen molar-refractivity contribution in [1.82, 2.24) is 25.4 Å². The van der Waals surface area contributed by atoms with Gasteiger partial charge in [-0.05, 0) is 44.4 Å². The summed E-state index contributed by atoms with van der Waals surface area (Å²) < 4.78 is 39.8. The first kappa shape index (κ1) is 27.6. The van der Waals surface area contributed by atoms with Gasteiger partial charge in [0.2, 0.25) is 17.7 Å². The number of Topliss-reactive ketones (excluding diaryl/α,β-unsaturated/α-hetero) is 1. The number of nitrogens with zero attached hydrogens (tertiary/aromatic N) is 5. The predicted octanol–water partition coefficient (Wildman–Crippen LogP) is 4.29. The Morgan fingerprint density at radius 1 is 1.15 bits per heavy atom. The lowest BCUT2D eigenvalue weighted by Crippen LogP contribution is -2.38. The zero-order chi connectivity index (χ0) is 28.1. The maximum Gasteiger partial charge on any atom is 0.257 e. The van der Waals surface area contributed by atoms with E-state index in [1.807, 2.05) is 6.92 Å². The van der Waals surface area contributed by atoms with Crippen LogP contribution in [0.2, 0.25) is 0 Å². The normalized spacial score (nSPS) is 17.8. The van der Waals surface area contributed by atoms with Crippen LogP contribution >= 0.6 is 0 Å². The lowest BCUT2D eigenvalue weighted by atomic mass is 9.92. The molecule has 3 aromatic rings. The average molecular weight is 555 g/mol. The van der Waals surface area contributed by atoms with Gasteiger partial charge in [-0.25, -0.2) is 18.7 Å². The molecule has 1 saturated heterocycles.